The summed E-state index contributed by atoms with van der Waals surface area (Å²) in [6.07, 6.45) is 5.15. The molecule has 2 fully saturated rings. The van der Waals surface area contributed by atoms with Crippen LogP contribution in [-0.2, 0) is 9.59 Å². The van der Waals surface area contributed by atoms with Gasteiger partial charge in [-0.1, -0.05) is 37.5 Å². The van der Waals surface area contributed by atoms with Gasteiger partial charge in [-0.3, -0.25) is 14.5 Å². The summed E-state index contributed by atoms with van der Waals surface area (Å²) in [6.45, 7) is 0. The normalized spacial score (nSPS) is 22.6. The lowest BCUT2D eigenvalue weighted by Crippen LogP contribution is -2.41. The van der Waals surface area contributed by atoms with E-state index in [4.69, 9.17) is 0 Å². The van der Waals surface area contributed by atoms with E-state index in [1.807, 2.05) is 0 Å². The van der Waals surface area contributed by atoms with Crippen LogP contribution in [0, 0.1) is 0 Å². The number of hydrogen-bond acceptors (Lipinski definition) is 5. The molecule has 5 nitrogen and oxygen atoms in total. The first kappa shape index (κ1) is 16.1. The van der Waals surface area contributed by atoms with Gasteiger partial charge in [0.2, 0.25) is 11.8 Å². The zero-order valence-corrected chi connectivity index (χ0v) is 13.5. The summed E-state index contributed by atoms with van der Waals surface area (Å²) in [7, 11) is 0. The van der Waals surface area contributed by atoms with Crippen LogP contribution in [0.5, 0.6) is 0 Å². The van der Waals surface area contributed by atoms with Crippen LogP contribution < -0.4 is 5.11 Å². The highest BCUT2D eigenvalue weighted by Crippen LogP contribution is 2.36. The molecule has 1 heterocycles. The number of carboxylic acid groups (broad SMARTS) is 1. The Hall–Kier alpha value is -1.82. The molecule has 1 atom stereocenters. The molecular weight excluding hydrogens is 314 g/mol. The van der Waals surface area contributed by atoms with Gasteiger partial charge in [0.1, 0.15) is 0 Å². The van der Waals surface area contributed by atoms with Crippen molar-refractivity contribution in [2.24, 2.45) is 0 Å². The van der Waals surface area contributed by atoms with Gasteiger partial charge in [0.15, 0.2) is 0 Å². The molecule has 0 bridgehead atoms. The second kappa shape index (κ2) is 6.74. The van der Waals surface area contributed by atoms with Crippen molar-refractivity contribution in [3.63, 3.8) is 0 Å². The van der Waals surface area contributed by atoms with Crippen LogP contribution in [0.3, 0.4) is 0 Å². The summed E-state index contributed by atoms with van der Waals surface area (Å²) >= 11 is 1.15. The number of aromatic carboxylic acids is 1. The van der Waals surface area contributed by atoms with Crippen molar-refractivity contribution >= 4 is 29.5 Å². The lowest BCUT2D eigenvalue weighted by atomic mass is 9.94. The lowest BCUT2D eigenvalue weighted by molar-refractivity contribution is -0.255. The van der Waals surface area contributed by atoms with Crippen molar-refractivity contribution in [1.82, 2.24) is 4.90 Å². The average molecular weight is 332 g/mol. The number of likely N-dealkylation sites (tertiary alicyclic amines) is 1. The monoisotopic (exact) mass is 332 g/mol. The molecule has 1 saturated heterocycles. The molecule has 2 aliphatic rings. The summed E-state index contributed by atoms with van der Waals surface area (Å²) < 4.78 is 0. The minimum Gasteiger partial charge on any atom is -0.545 e. The fourth-order valence-corrected chi connectivity index (χ4v) is 4.51. The predicted molar refractivity (Wildman–Crippen MR) is 83.8 cm³/mol. The minimum absolute atomic E-state index is 0.0192. The molecule has 0 aromatic heterocycles. The number of carboxylic acids is 1. The number of carbonyl (C=O) groups is 3. The Morgan fingerprint density at radius 2 is 1.83 bits per heavy atom. The van der Waals surface area contributed by atoms with Crippen LogP contribution in [0.25, 0.3) is 0 Å². The smallest absolute Gasteiger partial charge is 0.243 e. The first-order chi connectivity index (χ1) is 11.1. The molecule has 3 rings (SSSR count). The zero-order chi connectivity index (χ0) is 16.4. The van der Waals surface area contributed by atoms with Gasteiger partial charge in [-0.05, 0) is 18.9 Å². The van der Waals surface area contributed by atoms with Gasteiger partial charge in [-0.15, -0.1) is 11.8 Å². The van der Waals surface area contributed by atoms with Gasteiger partial charge < -0.3 is 9.90 Å². The standard InChI is InChI=1S/C17H19NO4S/c19-15-10-14(16(20)18(15)11-6-2-1-3-7-11)23-13-9-5-4-8-12(13)17(21)22/h4-5,8-9,11,14H,1-3,6-7,10H2,(H,21,22)/p-1/t14-/m0/s1. The van der Waals surface area contributed by atoms with E-state index in [1.165, 1.54) is 11.0 Å². The Morgan fingerprint density at radius 3 is 2.52 bits per heavy atom. The number of rotatable bonds is 4. The highest BCUT2D eigenvalue weighted by molar-refractivity contribution is 8.00. The molecule has 2 amide bonds. The quantitative estimate of drug-likeness (QED) is 0.783. The first-order valence-electron chi connectivity index (χ1n) is 7.91. The topological polar surface area (TPSA) is 77.5 Å². The third-order valence-electron chi connectivity index (χ3n) is 4.46. The Kier molecular flexibility index (Phi) is 4.71. The fraction of sp³-hybridized carbons (Fsp3) is 0.471. The Balaban J connectivity index is 1.76. The molecule has 1 aliphatic carbocycles. The third-order valence-corrected chi connectivity index (χ3v) is 5.72. The Labute approximate surface area is 139 Å². The van der Waals surface area contributed by atoms with Crippen LogP contribution >= 0.6 is 11.8 Å². The molecule has 0 radical (unpaired) electrons. The molecule has 0 unspecified atom stereocenters. The molecule has 1 saturated carbocycles. The molecule has 1 aliphatic heterocycles. The van der Waals surface area contributed by atoms with E-state index in [-0.39, 0.29) is 29.8 Å². The van der Waals surface area contributed by atoms with Gasteiger partial charge in [-0.25, -0.2) is 0 Å². The lowest BCUT2D eigenvalue weighted by Gasteiger charge is -2.29. The second-order valence-electron chi connectivity index (χ2n) is 5.99. The van der Waals surface area contributed by atoms with Crippen LogP contribution in [0.4, 0.5) is 0 Å². The number of thioether (sulfide) groups is 1. The van der Waals surface area contributed by atoms with E-state index in [9.17, 15) is 19.5 Å². The van der Waals surface area contributed by atoms with Gasteiger partial charge >= 0.3 is 0 Å². The highest BCUT2D eigenvalue weighted by atomic mass is 32.2. The number of benzene rings is 1. The van der Waals surface area contributed by atoms with Crippen molar-refractivity contribution in [1.29, 1.82) is 0 Å². The molecule has 6 heteroatoms. The van der Waals surface area contributed by atoms with E-state index < -0.39 is 11.2 Å². The molecule has 1 aromatic rings. The Morgan fingerprint density at radius 1 is 1.13 bits per heavy atom. The maximum absolute atomic E-state index is 12.6. The maximum Gasteiger partial charge on any atom is 0.243 e. The highest BCUT2D eigenvalue weighted by Gasteiger charge is 2.43. The van der Waals surface area contributed by atoms with E-state index >= 15 is 0 Å². The summed E-state index contributed by atoms with van der Waals surface area (Å²) in [5.41, 5.74) is 0.0638. The number of amides is 2. The minimum atomic E-state index is -1.27. The second-order valence-corrected chi connectivity index (χ2v) is 7.23. The van der Waals surface area contributed by atoms with Crippen molar-refractivity contribution < 1.29 is 19.5 Å². The zero-order valence-electron chi connectivity index (χ0n) is 12.7. The summed E-state index contributed by atoms with van der Waals surface area (Å²) in [4.78, 5) is 38.0. The molecule has 0 spiro atoms. The van der Waals surface area contributed by atoms with Crippen molar-refractivity contribution in [2.45, 2.75) is 54.7 Å². The summed E-state index contributed by atoms with van der Waals surface area (Å²) in [6, 6.07) is 6.46. The SMILES string of the molecule is O=C([O-])c1ccccc1S[C@H]1CC(=O)N(C2CCCCC2)C1=O. The van der Waals surface area contributed by atoms with E-state index in [1.54, 1.807) is 18.2 Å². The Bertz CT molecular complexity index is 639. The van der Waals surface area contributed by atoms with E-state index in [0.717, 1.165) is 43.9 Å². The molecule has 122 valence electrons. The van der Waals surface area contributed by atoms with Gasteiger partial charge in [0, 0.05) is 22.9 Å². The molecular formula is C17H18NO4S-. The van der Waals surface area contributed by atoms with Crippen LogP contribution in [-0.4, -0.2) is 34.0 Å². The van der Waals surface area contributed by atoms with Crippen LogP contribution in [0.2, 0.25) is 0 Å². The summed E-state index contributed by atoms with van der Waals surface area (Å²) in [5.74, 6) is -1.58. The molecule has 23 heavy (non-hydrogen) atoms. The molecule has 1 aromatic carbocycles. The number of nitrogens with zero attached hydrogens (tertiary/aromatic N) is 1. The molecule has 0 N–H and O–H groups in total. The first-order valence-corrected chi connectivity index (χ1v) is 8.79. The van der Waals surface area contributed by atoms with Crippen molar-refractivity contribution in [2.75, 3.05) is 0 Å². The van der Waals surface area contributed by atoms with Gasteiger partial charge in [-0.2, -0.15) is 0 Å². The maximum atomic E-state index is 12.6. The van der Waals surface area contributed by atoms with Crippen molar-refractivity contribution in [3.8, 4) is 0 Å². The fourth-order valence-electron chi connectivity index (χ4n) is 3.33. The van der Waals surface area contributed by atoms with E-state index in [2.05, 4.69) is 0 Å². The van der Waals surface area contributed by atoms with Gasteiger partial charge in [0.25, 0.3) is 0 Å². The number of imide groups is 1. The van der Waals surface area contributed by atoms with Gasteiger partial charge in [0.05, 0.1) is 11.2 Å². The van der Waals surface area contributed by atoms with E-state index in [0.29, 0.717) is 4.90 Å². The largest absolute Gasteiger partial charge is 0.545 e. The predicted octanol–water partition coefficient (Wildman–Crippen LogP) is 1.60. The van der Waals surface area contributed by atoms with Crippen LogP contribution in [0.1, 0.15) is 48.9 Å². The number of carbonyl (C=O) groups excluding carboxylic acids is 3. The summed E-state index contributed by atoms with van der Waals surface area (Å²) in [5, 5.41) is 10.6. The van der Waals surface area contributed by atoms with Crippen LogP contribution in [0.15, 0.2) is 29.2 Å². The average Bonchev–Trinajstić information content (AvgIpc) is 2.82. The number of hydrogen-bond donors (Lipinski definition) is 0. The third kappa shape index (κ3) is 3.27. The van der Waals surface area contributed by atoms with Crippen molar-refractivity contribution in [3.05, 3.63) is 29.8 Å².